The molecule has 0 aliphatic carbocycles. The van der Waals surface area contributed by atoms with E-state index < -0.39 is 29.2 Å². The van der Waals surface area contributed by atoms with Gasteiger partial charge in [0.1, 0.15) is 18.4 Å². The number of aromatic nitrogens is 4. The van der Waals surface area contributed by atoms with Gasteiger partial charge in [0.15, 0.2) is 11.2 Å². The van der Waals surface area contributed by atoms with Crippen LogP contribution in [0.25, 0.3) is 17.2 Å². The van der Waals surface area contributed by atoms with Crippen LogP contribution < -0.4 is 21.3 Å². The Bertz CT molecular complexity index is 1320. The second kappa shape index (κ2) is 9.98. The zero-order valence-corrected chi connectivity index (χ0v) is 18.8. The van der Waals surface area contributed by atoms with Crippen LogP contribution in [0, 0.1) is 0 Å². The molecule has 11 nitrogen and oxygen atoms in total. The lowest BCUT2D eigenvalue weighted by Gasteiger charge is -2.13. The molecule has 174 valence electrons. The monoisotopic (exact) mass is 455 g/mol. The number of rotatable bonds is 8. The molecule has 0 bridgehead atoms. The van der Waals surface area contributed by atoms with E-state index in [2.05, 4.69) is 10.3 Å². The van der Waals surface area contributed by atoms with Gasteiger partial charge in [-0.05, 0) is 30.7 Å². The number of ether oxygens (including phenoxy) is 2. The fourth-order valence-electron chi connectivity index (χ4n) is 3.14. The van der Waals surface area contributed by atoms with E-state index in [0.717, 1.165) is 10.1 Å². The standard InChI is InChI=1S/C22H25N5O6/c1-14(24-17(28)10-7-15-5-8-16(32-4)9-6-15)21(30)33-12-11-27-13-23-19-18(27)20(29)26(3)22(31)25(19)2/h5-10,13-14H,11-12H2,1-4H3,(H,24,28)/b10-7+. The highest BCUT2D eigenvalue weighted by molar-refractivity contribution is 5.94. The second-order valence-corrected chi connectivity index (χ2v) is 7.32. The van der Waals surface area contributed by atoms with Crippen LogP contribution in [0.2, 0.25) is 0 Å². The number of carbonyl (C=O) groups excluding carboxylic acids is 2. The summed E-state index contributed by atoms with van der Waals surface area (Å²) in [5.41, 5.74) is 0.327. The molecule has 0 aliphatic heterocycles. The molecular weight excluding hydrogens is 430 g/mol. The van der Waals surface area contributed by atoms with Crippen molar-refractivity contribution in [3.8, 4) is 5.75 Å². The van der Waals surface area contributed by atoms with Crippen molar-refractivity contribution in [3.63, 3.8) is 0 Å². The second-order valence-electron chi connectivity index (χ2n) is 7.32. The Balaban J connectivity index is 1.54. The van der Waals surface area contributed by atoms with E-state index >= 15 is 0 Å². The average molecular weight is 455 g/mol. The Labute approximate surface area is 188 Å². The van der Waals surface area contributed by atoms with E-state index in [1.54, 1.807) is 37.5 Å². The normalized spacial score (nSPS) is 12.1. The number of nitrogens with zero attached hydrogens (tertiary/aromatic N) is 4. The summed E-state index contributed by atoms with van der Waals surface area (Å²) in [4.78, 5) is 52.8. The van der Waals surface area contributed by atoms with Gasteiger partial charge in [-0.2, -0.15) is 0 Å². The number of methoxy groups -OCH3 is 1. The van der Waals surface area contributed by atoms with Gasteiger partial charge in [0.25, 0.3) is 5.56 Å². The Morgan fingerprint density at radius 3 is 2.52 bits per heavy atom. The van der Waals surface area contributed by atoms with Crippen LogP contribution in [0.5, 0.6) is 5.75 Å². The van der Waals surface area contributed by atoms with Crippen molar-refractivity contribution < 1.29 is 19.1 Å². The number of fused-ring (bicyclic) bond motifs is 1. The largest absolute Gasteiger partial charge is 0.497 e. The van der Waals surface area contributed by atoms with Crippen LogP contribution in [0.3, 0.4) is 0 Å². The Kier molecular flexibility index (Phi) is 7.11. The molecule has 1 unspecified atom stereocenters. The fourth-order valence-corrected chi connectivity index (χ4v) is 3.14. The summed E-state index contributed by atoms with van der Waals surface area (Å²) in [6.45, 7) is 1.63. The molecule has 0 saturated heterocycles. The van der Waals surface area contributed by atoms with Gasteiger partial charge < -0.3 is 19.4 Å². The summed E-state index contributed by atoms with van der Waals surface area (Å²) in [5.74, 6) is -0.354. The van der Waals surface area contributed by atoms with Gasteiger partial charge in [0.05, 0.1) is 20.0 Å². The maximum Gasteiger partial charge on any atom is 0.332 e. The Morgan fingerprint density at radius 2 is 1.85 bits per heavy atom. The first-order valence-corrected chi connectivity index (χ1v) is 10.1. The van der Waals surface area contributed by atoms with Crippen molar-refractivity contribution in [2.75, 3.05) is 13.7 Å². The molecule has 2 heterocycles. The van der Waals surface area contributed by atoms with Crippen molar-refractivity contribution in [1.29, 1.82) is 0 Å². The number of amides is 1. The molecule has 0 spiro atoms. The number of hydrogen-bond acceptors (Lipinski definition) is 7. The average Bonchev–Trinajstić information content (AvgIpc) is 3.24. The fraction of sp³-hybridized carbons (Fsp3) is 0.318. The summed E-state index contributed by atoms with van der Waals surface area (Å²) in [7, 11) is 4.48. The maximum absolute atomic E-state index is 12.4. The number of carbonyl (C=O) groups is 2. The van der Waals surface area contributed by atoms with Crippen molar-refractivity contribution in [2.24, 2.45) is 14.1 Å². The van der Waals surface area contributed by atoms with E-state index in [0.29, 0.717) is 5.75 Å². The van der Waals surface area contributed by atoms with Crippen LogP contribution in [-0.4, -0.2) is 50.3 Å². The lowest BCUT2D eigenvalue weighted by molar-refractivity contribution is -0.147. The molecule has 1 atom stereocenters. The molecule has 3 rings (SSSR count). The van der Waals surface area contributed by atoms with Gasteiger partial charge in [-0.15, -0.1) is 0 Å². The van der Waals surface area contributed by atoms with Crippen molar-refractivity contribution in [3.05, 3.63) is 63.1 Å². The molecule has 1 amide bonds. The minimum Gasteiger partial charge on any atom is -0.497 e. The van der Waals surface area contributed by atoms with Gasteiger partial charge in [-0.1, -0.05) is 12.1 Å². The highest BCUT2D eigenvalue weighted by Crippen LogP contribution is 2.12. The van der Waals surface area contributed by atoms with Crippen molar-refractivity contribution in [1.82, 2.24) is 24.0 Å². The summed E-state index contributed by atoms with van der Waals surface area (Å²) in [5, 5.41) is 2.54. The number of imidazole rings is 1. The molecule has 1 aromatic carbocycles. The predicted octanol–water partition coefficient (Wildman–Crippen LogP) is 0.204. The third-order valence-electron chi connectivity index (χ3n) is 5.05. The molecule has 11 heteroatoms. The van der Waals surface area contributed by atoms with Crippen LogP contribution >= 0.6 is 0 Å². The molecule has 3 aromatic rings. The van der Waals surface area contributed by atoms with Crippen molar-refractivity contribution >= 4 is 29.1 Å². The van der Waals surface area contributed by atoms with Crippen LogP contribution in [0.1, 0.15) is 12.5 Å². The molecule has 2 aromatic heterocycles. The summed E-state index contributed by atoms with van der Waals surface area (Å²) >= 11 is 0. The summed E-state index contributed by atoms with van der Waals surface area (Å²) in [6.07, 6.45) is 4.35. The highest BCUT2D eigenvalue weighted by atomic mass is 16.5. The molecule has 0 radical (unpaired) electrons. The quantitative estimate of drug-likeness (QED) is 0.380. The minimum absolute atomic E-state index is 0.0435. The van der Waals surface area contributed by atoms with E-state index in [1.165, 1.54) is 42.6 Å². The molecule has 0 aliphatic rings. The molecule has 0 saturated carbocycles. The van der Waals surface area contributed by atoms with Crippen LogP contribution in [-0.2, 0) is 35.0 Å². The van der Waals surface area contributed by atoms with Gasteiger partial charge >= 0.3 is 11.7 Å². The summed E-state index contributed by atoms with van der Waals surface area (Å²) in [6, 6.07) is 6.27. The molecule has 0 fully saturated rings. The number of esters is 1. The van der Waals surface area contributed by atoms with Crippen LogP contribution in [0.4, 0.5) is 0 Å². The first-order chi connectivity index (χ1) is 15.7. The predicted molar refractivity (Wildman–Crippen MR) is 121 cm³/mol. The summed E-state index contributed by atoms with van der Waals surface area (Å²) < 4.78 is 14.1. The number of nitrogens with one attached hydrogen (secondary N) is 1. The third kappa shape index (κ3) is 5.20. The maximum atomic E-state index is 12.4. The molecule has 33 heavy (non-hydrogen) atoms. The molecule has 1 N–H and O–H groups in total. The van der Waals surface area contributed by atoms with Crippen molar-refractivity contribution in [2.45, 2.75) is 19.5 Å². The van der Waals surface area contributed by atoms with E-state index in [1.807, 2.05) is 0 Å². The van der Waals surface area contributed by atoms with Crippen LogP contribution in [0.15, 0.2) is 46.3 Å². The number of aryl methyl sites for hydroxylation is 1. The number of hydrogen-bond donors (Lipinski definition) is 1. The smallest absolute Gasteiger partial charge is 0.332 e. The zero-order valence-electron chi connectivity index (χ0n) is 18.8. The molecular formula is C22H25N5O6. The lowest BCUT2D eigenvalue weighted by Crippen LogP contribution is -2.39. The lowest BCUT2D eigenvalue weighted by atomic mass is 10.2. The van der Waals surface area contributed by atoms with E-state index in [4.69, 9.17) is 9.47 Å². The SMILES string of the molecule is COc1ccc(/C=C/C(=O)NC(C)C(=O)OCCn2cnc3c2c(=O)n(C)c(=O)n3C)cc1. The first-order valence-electron chi connectivity index (χ1n) is 10.1. The Morgan fingerprint density at radius 1 is 1.15 bits per heavy atom. The highest BCUT2D eigenvalue weighted by Gasteiger charge is 2.17. The van der Waals surface area contributed by atoms with E-state index in [9.17, 15) is 19.2 Å². The van der Waals surface area contributed by atoms with Gasteiger partial charge in [0.2, 0.25) is 5.91 Å². The van der Waals surface area contributed by atoms with Gasteiger partial charge in [-0.25, -0.2) is 14.6 Å². The van der Waals surface area contributed by atoms with Gasteiger partial charge in [-0.3, -0.25) is 18.7 Å². The topological polar surface area (TPSA) is 126 Å². The first kappa shape index (κ1) is 23.5. The number of benzene rings is 1. The minimum atomic E-state index is -0.869. The zero-order chi connectivity index (χ0) is 24.1. The Hall–Kier alpha value is -4.15. The van der Waals surface area contributed by atoms with Gasteiger partial charge in [0, 0.05) is 20.2 Å². The van der Waals surface area contributed by atoms with E-state index in [-0.39, 0.29) is 24.3 Å². The third-order valence-corrected chi connectivity index (χ3v) is 5.05.